The first kappa shape index (κ1) is 15.0. The molecule has 18 heavy (non-hydrogen) atoms. The van der Waals surface area contributed by atoms with Gasteiger partial charge in [0.1, 0.15) is 0 Å². The number of rotatable bonds is 4. The predicted molar refractivity (Wildman–Crippen MR) is 70.5 cm³/mol. The zero-order chi connectivity index (χ0) is 13.9. The molecular formula is C13H25N3O2. The predicted octanol–water partition coefficient (Wildman–Crippen LogP) is 0.472. The molecular weight excluding hydrogens is 230 g/mol. The molecule has 3 atom stereocenters. The minimum absolute atomic E-state index is 0.0197. The molecule has 1 fully saturated rings. The molecule has 0 aliphatic heterocycles. The second kappa shape index (κ2) is 6.18. The fourth-order valence-electron chi connectivity index (χ4n) is 2.63. The molecule has 4 N–H and O–H groups in total. The summed E-state index contributed by atoms with van der Waals surface area (Å²) < 4.78 is 0. The lowest BCUT2D eigenvalue weighted by molar-refractivity contribution is -0.142. The first-order valence-electron chi connectivity index (χ1n) is 6.69. The van der Waals surface area contributed by atoms with Crippen LogP contribution >= 0.6 is 0 Å². The molecule has 1 rings (SSSR count). The Kier molecular flexibility index (Phi) is 5.14. The van der Waals surface area contributed by atoms with Gasteiger partial charge in [-0.2, -0.15) is 0 Å². The molecule has 1 saturated carbocycles. The lowest BCUT2D eigenvalue weighted by Crippen LogP contribution is -2.52. The van der Waals surface area contributed by atoms with Crippen molar-refractivity contribution in [2.45, 2.75) is 52.1 Å². The van der Waals surface area contributed by atoms with Crippen molar-refractivity contribution < 1.29 is 9.59 Å². The van der Waals surface area contributed by atoms with E-state index in [0.717, 1.165) is 19.3 Å². The van der Waals surface area contributed by atoms with Crippen LogP contribution < -0.4 is 11.5 Å². The second-order valence-electron chi connectivity index (χ2n) is 5.62. The summed E-state index contributed by atoms with van der Waals surface area (Å²) in [6, 6.07) is -0.144. The van der Waals surface area contributed by atoms with E-state index in [4.69, 9.17) is 11.5 Å². The molecule has 0 aromatic heterocycles. The summed E-state index contributed by atoms with van der Waals surface area (Å²) in [4.78, 5) is 25.1. The monoisotopic (exact) mass is 255 g/mol. The van der Waals surface area contributed by atoms with Gasteiger partial charge in [-0.15, -0.1) is 0 Å². The van der Waals surface area contributed by atoms with Crippen LogP contribution in [0.5, 0.6) is 0 Å². The summed E-state index contributed by atoms with van der Waals surface area (Å²) in [5, 5.41) is 0. The maximum absolute atomic E-state index is 12.5. The molecule has 5 heteroatoms. The van der Waals surface area contributed by atoms with E-state index < -0.39 is 5.91 Å². The van der Waals surface area contributed by atoms with Gasteiger partial charge in [0.25, 0.3) is 0 Å². The zero-order valence-electron chi connectivity index (χ0n) is 11.6. The van der Waals surface area contributed by atoms with Crippen molar-refractivity contribution in [3.8, 4) is 0 Å². The van der Waals surface area contributed by atoms with Crippen LogP contribution in [0.3, 0.4) is 0 Å². The highest BCUT2D eigenvalue weighted by Crippen LogP contribution is 2.29. The Labute approximate surface area is 109 Å². The molecule has 0 bridgehead atoms. The van der Waals surface area contributed by atoms with E-state index >= 15 is 0 Å². The first-order valence-corrected chi connectivity index (χ1v) is 6.69. The highest BCUT2D eigenvalue weighted by Gasteiger charge is 2.36. The van der Waals surface area contributed by atoms with E-state index in [1.165, 1.54) is 0 Å². The van der Waals surface area contributed by atoms with Crippen molar-refractivity contribution in [1.29, 1.82) is 0 Å². The number of amides is 2. The lowest BCUT2D eigenvalue weighted by Gasteiger charge is -2.37. The van der Waals surface area contributed by atoms with Crippen molar-refractivity contribution in [2.75, 3.05) is 6.54 Å². The number of carbonyl (C=O) groups is 2. The van der Waals surface area contributed by atoms with Crippen LogP contribution in [0.2, 0.25) is 0 Å². The molecule has 0 aromatic rings. The summed E-state index contributed by atoms with van der Waals surface area (Å²) in [6.07, 6.45) is 2.91. The first-order chi connectivity index (χ1) is 8.34. The van der Waals surface area contributed by atoms with Crippen LogP contribution in [-0.4, -0.2) is 35.3 Å². The summed E-state index contributed by atoms with van der Waals surface area (Å²) in [5.74, 6) is -0.317. The Morgan fingerprint density at radius 3 is 2.44 bits per heavy atom. The third kappa shape index (κ3) is 3.45. The minimum atomic E-state index is -0.477. The molecule has 1 aliphatic rings. The molecule has 3 unspecified atom stereocenters. The summed E-state index contributed by atoms with van der Waals surface area (Å²) in [6.45, 7) is 5.84. The third-order valence-corrected chi connectivity index (χ3v) is 3.85. The molecule has 0 saturated heterocycles. The van der Waals surface area contributed by atoms with Crippen molar-refractivity contribution >= 4 is 11.8 Å². The van der Waals surface area contributed by atoms with Crippen LogP contribution in [0.4, 0.5) is 0 Å². The van der Waals surface area contributed by atoms with Crippen LogP contribution in [0.1, 0.15) is 40.0 Å². The van der Waals surface area contributed by atoms with Crippen molar-refractivity contribution in [3.63, 3.8) is 0 Å². The van der Waals surface area contributed by atoms with Gasteiger partial charge in [-0.25, -0.2) is 0 Å². The standard InChI is InChI=1S/C13H25N3O2/c1-8(2)16(7-11(14)17)13(18)10-6-4-5-9(3)12(10)15/h8-10,12H,4-7,15H2,1-3H3,(H2,14,17). The SMILES string of the molecule is CC1CCCC(C(=O)N(CC(N)=O)C(C)C)C1N. The van der Waals surface area contributed by atoms with Crippen molar-refractivity contribution in [1.82, 2.24) is 4.90 Å². The van der Waals surface area contributed by atoms with Gasteiger partial charge in [-0.3, -0.25) is 9.59 Å². The Morgan fingerprint density at radius 2 is 1.94 bits per heavy atom. The fourth-order valence-corrected chi connectivity index (χ4v) is 2.63. The largest absolute Gasteiger partial charge is 0.368 e. The Hall–Kier alpha value is -1.10. The molecule has 0 radical (unpaired) electrons. The number of nitrogens with zero attached hydrogens (tertiary/aromatic N) is 1. The van der Waals surface area contributed by atoms with Gasteiger partial charge in [0.2, 0.25) is 11.8 Å². The van der Waals surface area contributed by atoms with Crippen molar-refractivity contribution in [2.24, 2.45) is 23.3 Å². The number of nitrogens with two attached hydrogens (primary N) is 2. The van der Waals surface area contributed by atoms with Crippen LogP contribution in [0.15, 0.2) is 0 Å². The maximum Gasteiger partial charge on any atom is 0.237 e. The third-order valence-electron chi connectivity index (χ3n) is 3.85. The second-order valence-corrected chi connectivity index (χ2v) is 5.62. The smallest absolute Gasteiger partial charge is 0.237 e. The van der Waals surface area contributed by atoms with Gasteiger partial charge in [0.15, 0.2) is 0 Å². The van der Waals surface area contributed by atoms with Gasteiger partial charge in [-0.1, -0.05) is 13.3 Å². The van der Waals surface area contributed by atoms with Gasteiger partial charge in [0.05, 0.1) is 12.5 Å². The summed E-state index contributed by atoms with van der Waals surface area (Å²) >= 11 is 0. The zero-order valence-corrected chi connectivity index (χ0v) is 11.6. The Morgan fingerprint density at radius 1 is 1.33 bits per heavy atom. The Balaban J connectivity index is 2.78. The lowest BCUT2D eigenvalue weighted by atomic mass is 9.77. The van der Waals surface area contributed by atoms with E-state index in [1.54, 1.807) is 4.90 Å². The molecule has 0 heterocycles. The summed E-state index contributed by atoms with van der Waals surface area (Å²) in [7, 11) is 0. The number of hydrogen-bond acceptors (Lipinski definition) is 3. The topological polar surface area (TPSA) is 89.4 Å². The number of carbonyl (C=O) groups excluding carboxylic acids is 2. The number of hydrogen-bond donors (Lipinski definition) is 2. The molecule has 0 spiro atoms. The summed E-state index contributed by atoms with van der Waals surface area (Å²) in [5.41, 5.74) is 11.3. The minimum Gasteiger partial charge on any atom is -0.368 e. The van der Waals surface area contributed by atoms with E-state index in [-0.39, 0.29) is 30.5 Å². The van der Waals surface area contributed by atoms with E-state index in [9.17, 15) is 9.59 Å². The van der Waals surface area contributed by atoms with Gasteiger partial charge in [-0.05, 0) is 32.6 Å². The van der Waals surface area contributed by atoms with Gasteiger partial charge < -0.3 is 16.4 Å². The van der Waals surface area contributed by atoms with Crippen LogP contribution in [-0.2, 0) is 9.59 Å². The molecule has 0 aromatic carbocycles. The molecule has 2 amide bonds. The molecule has 104 valence electrons. The van der Waals surface area contributed by atoms with E-state index in [2.05, 4.69) is 6.92 Å². The highest BCUT2D eigenvalue weighted by atomic mass is 16.2. The number of primary amides is 1. The molecule has 5 nitrogen and oxygen atoms in total. The average molecular weight is 255 g/mol. The van der Waals surface area contributed by atoms with E-state index in [0.29, 0.717) is 5.92 Å². The van der Waals surface area contributed by atoms with E-state index in [1.807, 2.05) is 13.8 Å². The van der Waals surface area contributed by atoms with Gasteiger partial charge in [0, 0.05) is 12.1 Å². The highest BCUT2D eigenvalue weighted by molar-refractivity contribution is 5.85. The quantitative estimate of drug-likeness (QED) is 0.765. The normalized spacial score (nSPS) is 28.2. The maximum atomic E-state index is 12.5. The molecule has 1 aliphatic carbocycles. The average Bonchev–Trinajstić information content (AvgIpc) is 2.28. The van der Waals surface area contributed by atoms with Crippen LogP contribution in [0.25, 0.3) is 0 Å². The van der Waals surface area contributed by atoms with Crippen LogP contribution in [0, 0.1) is 11.8 Å². The fraction of sp³-hybridized carbons (Fsp3) is 0.846. The Bertz CT molecular complexity index is 317. The van der Waals surface area contributed by atoms with Gasteiger partial charge >= 0.3 is 0 Å². The van der Waals surface area contributed by atoms with Crippen molar-refractivity contribution in [3.05, 3.63) is 0 Å².